The van der Waals surface area contributed by atoms with Crippen molar-refractivity contribution >= 4 is 50.0 Å². The normalized spacial score (nSPS) is 11.3. The van der Waals surface area contributed by atoms with Crippen LogP contribution in [0.5, 0.6) is 0 Å². The van der Waals surface area contributed by atoms with Crippen LogP contribution in [0.1, 0.15) is 16.3 Å². The minimum absolute atomic E-state index is 0.406. The van der Waals surface area contributed by atoms with Gasteiger partial charge in [-0.2, -0.15) is 0 Å². The van der Waals surface area contributed by atoms with Crippen molar-refractivity contribution in [2.75, 3.05) is 0 Å². The highest BCUT2D eigenvalue weighted by Crippen LogP contribution is 2.24. The molecule has 0 amide bonds. The third-order valence-electron chi connectivity index (χ3n) is 3.13. The Morgan fingerprint density at radius 1 is 1.40 bits per heavy atom. The van der Waals surface area contributed by atoms with Gasteiger partial charge >= 0.3 is 0 Å². The van der Waals surface area contributed by atoms with Crippen LogP contribution in [0.25, 0.3) is 11.2 Å². The van der Waals surface area contributed by atoms with Gasteiger partial charge in [-0.05, 0) is 53.0 Å². The van der Waals surface area contributed by atoms with Gasteiger partial charge in [0.2, 0.25) is 0 Å². The van der Waals surface area contributed by atoms with Crippen molar-refractivity contribution in [3.8, 4) is 0 Å². The van der Waals surface area contributed by atoms with Gasteiger partial charge in [-0.3, -0.25) is 0 Å². The Balaban J connectivity index is 1.93. The fourth-order valence-electron chi connectivity index (χ4n) is 2.20. The highest BCUT2D eigenvalue weighted by Gasteiger charge is 2.11. The maximum absolute atomic E-state index is 6.01. The van der Waals surface area contributed by atoms with Gasteiger partial charge in [0.25, 0.3) is 0 Å². The Hall–Kier alpha value is -0.910. The molecule has 0 aromatic carbocycles. The Kier molecular flexibility index (Phi) is 4.10. The summed E-state index contributed by atoms with van der Waals surface area (Å²) < 4.78 is 3.28. The summed E-state index contributed by atoms with van der Waals surface area (Å²) in [7, 11) is 0. The first kappa shape index (κ1) is 14.0. The van der Waals surface area contributed by atoms with E-state index in [1.807, 2.05) is 13.1 Å². The van der Waals surface area contributed by atoms with Crippen LogP contribution in [-0.4, -0.2) is 14.5 Å². The molecule has 6 heteroatoms. The molecule has 0 aliphatic heterocycles. The lowest BCUT2D eigenvalue weighted by Gasteiger charge is -2.05. The first-order valence-electron chi connectivity index (χ1n) is 6.29. The number of nitrogens with zero attached hydrogens (tertiary/aromatic N) is 3. The molecular weight excluding hydrogens is 358 g/mol. The number of pyridine rings is 1. The van der Waals surface area contributed by atoms with Gasteiger partial charge in [-0.25, -0.2) is 9.97 Å². The second-order valence-electron chi connectivity index (χ2n) is 4.62. The van der Waals surface area contributed by atoms with E-state index in [9.17, 15) is 0 Å². The lowest BCUT2D eigenvalue weighted by molar-refractivity contribution is 0.687. The van der Waals surface area contributed by atoms with Crippen LogP contribution < -0.4 is 0 Å². The van der Waals surface area contributed by atoms with E-state index in [0.29, 0.717) is 5.88 Å². The monoisotopic (exact) mass is 369 g/mol. The molecule has 0 unspecified atom stereocenters. The average molecular weight is 371 g/mol. The number of hydrogen-bond acceptors (Lipinski definition) is 3. The van der Waals surface area contributed by atoms with Crippen LogP contribution in [0, 0.1) is 6.92 Å². The van der Waals surface area contributed by atoms with Crippen molar-refractivity contribution < 1.29 is 0 Å². The maximum atomic E-state index is 6.01. The number of fused-ring (bicyclic) bond motifs is 1. The summed E-state index contributed by atoms with van der Waals surface area (Å²) in [6, 6.07) is 6.28. The van der Waals surface area contributed by atoms with Gasteiger partial charge in [0, 0.05) is 17.6 Å². The van der Waals surface area contributed by atoms with Crippen molar-refractivity contribution in [1.29, 1.82) is 0 Å². The van der Waals surface area contributed by atoms with Crippen molar-refractivity contribution in [1.82, 2.24) is 14.5 Å². The molecule has 0 atom stereocenters. The molecule has 3 aromatic heterocycles. The molecule has 3 rings (SSSR count). The Morgan fingerprint density at radius 3 is 2.95 bits per heavy atom. The molecule has 0 aliphatic carbocycles. The summed E-state index contributed by atoms with van der Waals surface area (Å²) in [6.07, 6.45) is 2.83. The van der Waals surface area contributed by atoms with Gasteiger partial charge in [-0.15, -0.1) is 22.9 Å². The molecule has 0 aliphatic rings. The van der Waals surface area contributed by atoms with E-state index in [0.717, 1.165) is 39.3 Å². The Labute approximate surface area is 134 Å². The highest BCUT2D eigenvalue weighted by atomic mass is 79.9. The largest absolute Gasteiger partial charge is 0.311 e. The predicted molar refractivity (Wildman–Crippen MR) is 87.5 cm³/mol. The number of aryl methyl sites for hydroxylation is 3. The highest BCUT2D eigenvalue weighted by molar-refractivity contribution is 9.11. The molecule has 104 valence electrons. The van der Waals surface area contributed by atoms with Crippen molar-refractivity contribution in [3.05, 3.63) is 44.4 Å². The number of alkyl halides is 1. The number of hydrogen-bond donors (Lipinski definition) is 0. The molecule has 0 radical (unpaired) electrons. The van der Waals surface area contributed by atoms with Crippen LogP contribution in [0.3, 0.4) is 0 Å². The van der Waals surface area contributed by atoms with E-state index < -0.39 is 0 Å². The summed E-state index contributed by atoms with van der Waals surface area (Å²) >= 11 is 11.3. The maximum Gasteiger partial charge on any atom is 0.160 e. The summed E-state index contributed by atoms with van der Waals surface area (Å²) in [4.78, 5) is 10.4. The number of aromatic nitrogens is 3. The standard InChI is InChI=1S/C14H13BrClN3S/c1-9-6-11-14(17-8-9)19(13(7-16)18-11)5-4-10-2-3-12(15)20-10/h2-3,6,8H,4-5,7H2,1H3. The van der Waals surface area contributed by atoms with E-state index in [2.05, 4.69) is 48.7 Å². The topological polar surface area (TPSA) is 30.7 Å². The second kappa shape index (κ2) is 5.84. The zero-order chi connectivity index (χ0) is 14.1. The third-order valence-corrected chi connectivity index (χ3v) is 5.05. The molecule has 3 aromatic rings. The first-order chi connectivity index (χ1) is 9.67. The second-order valence-corrected chi connectivity index (χ2v) is 7.44. The van der Waals surface area contributed by atoms with Crippen molar-refractivity contribution in [2.24, 2.45) is 0 Å². The molecule has 0 saturated heterocycles. The van der Waals surface area contributed by atoms with E-state index in [4.69, 9.17) is 11.6 Å². The van der Waals surface area contributed by atoms with E-state index in [1.165, 1.54) is 4.88 Å². The molecular formula is C14H13BrClN3S. The third kappa shape index (κ3) is 2.75. The van der Waals surface area contributed by atoms with E-state index >= 15 is 0 Å². The molecule has 0 bridgehead atoms. The van der Waals surface area contributed by atoms with Crippen LogP contribution >= 0.6 is 38.9 Å². The smallest absolute Gasteiger partial charge is 0.160 e. The molecule has 3 heterocycles. The van der Waals surface area contributed by atoms with E-state index in [1.54, 1.807) is 11.3 Å². The fraction of sp³-hybridized carbons (Fsp3) is 0.286. The van der Waals surface area contributed by atoms with Crippen molar-refractivity contribution in [3.63, 3.8) is 0 Å². The number of thiophene rings is 1. The van der Waals surface area contributed by atoms with Gasteiger partial charge in [-0.1, -0.05) is 0 Å². The Morgan fingerprint density at radius 2 is 2.25 bits per heavy atom. The molecule has 20 heavy (non-hydrogen) atoms. The number of rotatable bonds is 4. The SMILES string of the molecule is Cc1cnc2c(c1)nc(CCl)n2CCc1ccc(Br)s1. The molecule has 0 spiro atoms. The minimum atomic E-state index is 0.406. The lowest BCUT2D eigenvalue weighted by atomic mass is 10.3. The van der Waals surface area contributed by atoms with Crippen LogP contribution in [0.2, 0.25) is 0 Å². The Bertz CT molecular complexity index is 750. The summed E-state index contributed by atoms with van der Waals surface area (Å²) in [5.74, 6) is 1.29. The van der Waals surface area contributed by atoms with Crippen LogP contribution in [-0.2, 0) is 18.8 Å². The molecule has 3 nitrogen and oxygen atoms in total. The predicted octanol–water partition coefficient (Wildman–Crippen LogP) is 4.55. The van der Waals surface area contributed by atoms with E-state index in [-0.39, 0.29) is 0 Å². The lowest BCUT2D eigenvalue weighted by Crippen LogP contribution is -2.05. The van der Waals surface area contributed by atoms with Crippen LogP contribution in [0.15, 0.2) is 28.2 Å². The summed E-state index contributed by atoms with van der Waals surface area (Å²) in [6.45, 7) is 2.87. The quantitative estimate of drug-likeness (QED) is 0.631. The van der Waals surface area contributed by atoms with Gasteiger partial charge in [0.1, 0.15) is 11.3 Å². The van der Waals surface area contributed by atoms with Gasteiger partial charge in [0.15, 0.2) is 5.65 Å². The molecule has 0 saturated carbocycles. The molecule has 0 fully saturated rings. The van der Waals surface area contributed by atoms with Gasteiger partial charge in [0.05, 0.1) is 9.67 Å². The fourth-order valence-corrected chi connectivity index (χ4v) is 3.88. The average Bonchev–Trinajstić information content (AvgIpc) is 2.99. The number of imidazole rings is 1. The molecule has 0 N–H and O–H groups in total. The zero-order valence-corrected chi connectivity index (χ0v) is 14.1. The first-order valence-corrected chi connectivity index (χ1v) is 8.43. The zero-order valence-electron chi connectivity index (χ0n) is 10.9. The van der Waals surface area contributed by atoms with Crippen LogP contribution in [0.4, 0.5) is 0 Å². The number of halogens is 2. The van der Waals surface area contributed by atoms with Crippen molar-refractivity contribution in [2.45, 2.75) is 25.8 Å². The summed E-state index contributed by atoms with van der Waals surface area (Å²) in [5, 5.41) is 0. The summed E-state index contributed by atoms with van der Waals surface area (Å²) in [5.41, 5.74) is 2.96. The minimum Gasteiger partial charge on any atom is -0.311 e. The van der Waals surface area contributed by atoms with Gasteiger partial charge < -0.3 is 4.57 Å².